The van der Waals surface area contributed by atoms with Gasteiger partial charge in [-0.25, -0.2) is 4.79 Å². The molecule has 1 aromatic heterocycles. The topological polar surface area (TPSA) is 91.4 Å². The molecule has 0 aliphatic carbocycles. The van der Waals surface area contributed by atoms with Crippen LogP contribution in [0.15, 0.2) is 36.4 Å². The van der Waals surface area contributed by atoms with Crippen molar-refractivity contribution in [3.05, 3.63) is 47.0 Å². The van der Waals surface area contributed by atoms with E-state index in [2.05, 4.69) is 10.3 Å². The highest BCUT2D eigenvalue weighted by Gasteiger charge is 2.32. The summed E-state index contributed by atoms with van der Waals surface area (Å²) in [6, 6.07) is 10.6. The van der Waals surface area contributed by atoms with Gasteiger partial charge in [-0.1, -0.05) is 23.7 Å². The molecule has 1 fully saturated rings. The summed E-state index contributed by atoms with van der Waals surface area (Å²) in [5, 5.41) is 15.1. The van der Waals surface area contributed by atoms with Crippen molar-refractivity contribution < 1.29 is 19.4 Å². The van der Waals surface area contributed by atoms with Crippen LogP contribution in [0.3, 0.4) is 0 Å². The smallest absolute Gasteiger partial charge is 0.326 e. The van der Waals surface area contributed by atoms with Gasteiger partial charge in [0.1, 0.15) is 6.04 Å². The second-order valence-electron chi connectivity index (χ2n) is 7.62. The molecule has 6 nitrogen and oxygen atoms in total. The number of hydrogen-bond acceptors (Lipinski definition) is 3. The number of benzene rings is 2. The van der Waals surface area contributed by atoms with Gasteiger partial charge in [-0.3, -0.25) is 4.79 Å². The minimum absolute atomic E-state index is 0.113. The van der Waals surface area contributed by atoms with Crippen molar-refractivity contribution >= 4 is 45.3 Å². The van der Waals surface area contributed by atoms with Crippen LogP contribution in [-0.2, 0) is 14.3 Å². The van der Waals surface area contributed by atoms with Gasteiger partial charge < -0.3 is 20.1 Å². The summed E-state index contributed by atoms with van der Waals surface area (Å²) >= 11 is 6.11. The van der Waals surface area contributed by atoms with E-state index in [1.165, 1.54) is 0 Å². The van der Waals surface area contributed by atoms with Crippen LogP contribution in [0.2, 0.25) is 5.02 Å². The monoisotopic (exact) mass is 414 g/mol. The van der Waals surface area contributed by atoms with Gasteiger partial charge in [0.15, 0.2) is 0 Å². The van der Waals surface area contributed by atoms with Crippen LogP contribution >= 0.6 is 11.6 Å². The summed E-state index contributed by atoms with van der Waals surface area (Å²) in [7, 11) is 0. The predicted octanol–water partition coefficient (Wildman–Crippen LogP) is 4.07. The van der Waals surface area contributed by atoms with Crippen LogP contribution in [0.25, 0.3) is 21.8 Å². The number of fused-ring (bicyclic) bond motifs is 3. The highest BCUT2D eigenvalue weighted by Crippen LogP contribution is 2.30. The SMILES string of the molecule is CC(C(=O)NC(C(=O)O)C1CCOCC1)c1ccc2c(c1)[nH]c1ccc(Cl)cc12. The first-order valence-electron chi connectivity index (χ1n) is 9.76. The molecule has 3 aromatic rings. The Labute approximate surface area is 173 Å². The summed E-state index contributed by atoms with van der Waals surface area (Å²) < 4.78 is 5.31. The summed E-state index contributed by atoms with van der Waals surface area (Å²) in [6.07, 6.45) is 1.27. The third-order valence-corrected chi connectivity index (χ3v) is 6.01. The van der Waals surface area contributed by atoms with Gasteiger partial charge >= 0.3 is 5.97 Å². The van der Waals surface area contributed by atoms with E-state index in [1.807, 2.05) is 36.4 Å². The number of aromatic amines is 1. The molecule has 2 heterocycles. The minimum atomic E-state index is -1.000. The fourth-order valence-corrected chi connectivity index (χ4v) is 4.19. The van der Waals surface area contributed by atoms with E-state index >= 15 is 0 Å². The predicted molar refractivity (Wildman–Crippen MR) is 112 cm³/mol. The zero-order valence-electron chi connectivity index (χ0n) is 16.1. The first kappa shape index (κ1) is 19.7. The van der Waals surface area contributed by atoms with E-state index in [1.54, 1.807) is 6.92 Å². The van der Waals surface area contributed by atoms with E-state index in [0.717, 1.165) is 27.4 Å². The Morgan fingerprint density at radius 2 is 1.90 bits per heavy atom. The van der Waals surface area contributed by atoms with Crippen molar-refractivity contribution in [2.24, 2.45) is 5.92 Å². The maximum atomic E-state index is 12.8. The molecule has 0 saturated carbocycles. The molecule has 0 radical (unpaired) electrons. The number of carbonyl (C=O) groups excluding carboxylic acids is 1. The summed E-state index contributed by atoms with van der Waals surface area (Å²) in [6.45, 7) is 2.85. The van der Waals surface area contributed by atoms with E-state index in [9.17, 15) is 14.7 Å². The molecule has 1 amide bonds. The molecule has 1 aliphatic heterocycles. The van der Waals surface area contributed by atoms with Crippen molar-refractivity contribution in [1.82, 2.24) is 10.3 Å². The Morgan fingerprint density at radius 1 is 1.14 bits per heavy atom. The summed E-state index contributed by atoms with van der Waals surface area (Å²) in [5.41, 5.74) is 2.71. The lowest BCUT2D eigenvalue weighted by molar-refractivity contribution is -0.144. The number of carboxylic acids is 1. The van der Waals surface area contributed by atoms with E-state index in [4.69, 9.17) is 16.3 Å². The second kappa shape index (κ2) is 8.05. The third kappa shape index (κ3) is 3.95. The molecular weight excluding hydrogens is 392 g/mol. The first-order chi connectivity index (χ1) is 13.9. The Bertz CT molecular complexity index is 1070. The van der Waals surface area contributed by atoms with Crippen molar-refractivity contribution in [2.45, 2.75) is 31.7 Å². The number of H-pyrrole nitrogens is 1. The zero-order valence-corrected chi connectivity index (χ0v) is 16.8. The van der Waals surface area contributed by atoms with Gasteiger partial charge in [0.2, 0.25) is 5.91 Å². The van der Waals surface area contributed by atoms with Crippen LogP contribution in [0.4, 0.5) is 0 Å². The number of aliphatic carboxylic acids is 1. The largest absolute Gasteiger partial charge is 0.480 e. The fraction of sp³-hybridized carbons (Fsp3) is 0.364. The van der Waals surface area contributed by atoms with Gasteiger partial charge in [0, 0.05) is 40.0 Å². The van der Waals surface area contributed by atoms with Crippen molar-refractivity contribution in [2.75, 3.05) is 13.2 Å². The average Bonchev–Trinajstić information content (AvgIpc) is 3.08. The molecule has 152 valence electrons. The van der Waals surface area contributed by atoms with Crippen LogP contribution in [0, 0.1) is 5.92 Å². The molecule has 1 aliphatic rings. The quantitative estimate of drug-likeness (QED) is 0.586. The Morgan fingerprint density at radius 3 is 2.62 bits per heavy atom. The number of carbonyl (C=O) groups is 2. The summed E-state index contributed by atoms with van der Waals surface area (Å²) in [4.78, 5) is 27.9. The average molecular weight is 415 g/mol. The standard InChI is InChI=1S/C22H23ClN2O4/c1-12(21(26)25-20(22(27)28)13-6-8-29-9-7-13)14-2-4-16-17-11-15(23)3-5-18(17)24-19(16)10-14/h2-5,10-13,20,24H,6-9H2,1H3,(H,25,26)(H,27,28). The Hall–Kier alpha value is -2.57. The van der Waals surface area contributed by atoms with Crippen molar-refractivity contribution in [3.63, 3.8) is 0 Å². The molecule has 0 bridgehead atoms. The molecule has 2 unspecified atom stereocenters. The molecule has 1 saturated heterocycles. The molecule has 3 N–H and O–H groups in total. The number of nitrogens with one attached hydrogen (secondary N) is 2. The van der Waals surface area contributed by atoms with Gasteiger partial charge in [-0.2, -0.15) is 0 Å². The van der Waals surface area contributed by atoms with Crippen LogP contribution in [0.1, 0.15) is 31.2 Å². The second-order valence-corrected chi connectivity index (χ2v) is 8.05. The summed E-state index contributed by atoms with van der Waals surface area (Å²) in [5.74, 6) is -1.88. The number of amides is 1. The van der Waals surface area contributed by atoms with E-state index in [0.29, 0.717) is 31.1 Å². The fourth-order valence-electron chi connectivity index (χ4n) is 4.02. The number of halogens is 1. The number of ether oxygens (including phenoxy) is 1. The lowest BCUT2D eigenvalue weighted by Gasteiger charge is -2.29. The van der Waals surface area contributed by atoms with Gasteiger partial charge in [-0.15, -0.1) is 0 Å². The van der Waals surface area contributed by atoms with E-state index in [-0.39, 0.29) is 11.8 Å². The Balaban J connectivity index is 1.56. The third-order valence-electron chi connectivity index (χ3n) is 5.78. The Kier molecular flexibility index (Phi) is 5.48. The lowest BCUT2D eigenvalue weighted by atomic mass is 9.90. The van der Waals surface area contributed by atoms with Gasteiger partial charge in [0.25, 0.3) is 0 Å². The first-order valence-corrected chi connectivity index (χ1v) is 10.1. The zero-order chi connectivity index (χ0) is 20.5. The maximum Gasteiger partial charge on any atom is 0.326 e. The number of rotatable bonds is 5. The maximum absolute atomic E-state index is 12.8. The molecule has 29 heavy (non-hydrogen) atoms. The highest BCUT2D eigenvalue weighted by atomic mass is 35.5. The van der Waals surface area contributed by atoms with Gasteiger partial charge in [0.05, 0.1) is 5.92 Å². The minimum Gasteiger partial charge on any atom is -0.480 e. The molecular formula is C22H23ClN2O4. The van der Waals surface area contributed by atoms with Crippen LogP contribution < -0.4 is 5.32 Å². The van der Waals surface area contributed by atoms with Crippen molar-refractivity contribution in [1.29, 1.82) is 0 Å². The van der Waals surface area contributed by atoms with Crippen LogP contribution in [0.5, 0.6) is 0 Å². The van der Waals surface area contributed by atoms with Gasteiger partial charge in [-0.05, 0) is 55.5 Å². The number of aromatic nitrogens is 1. The molecule has 0 spiro atoms. The number of hydrogen-bond donors (Lipinski definition) is 3. The lowest BCUT2D eigenvalue weighted by Crippen LogP contribution is -2.48. The normalized spacial score (nSPS) is 17.3. The molecule has 4 rings (SSSR count). The molecule has 2 atom stereocenters. The number of carboxylic acid groups (broad SMARTS) is 1. The highest BCUT2D eigenvalue weighted by molar-refractivity contribution is 6.31. The van der Waals surface area contributed by atoms with E-state index < -0.39 is 17.9 Å². The molecule has 7 heteroatoms. The van der Waals surface area contributed by atoms with Crippen LogP contribution in [-0.4, -0.2) is 41.2 Å². The van der Waals surface area contributed by atoms with Crippen molar-refractivity contribution in [3.8, 4) is 0 Å². The molecule has 2 aromatic carbocycles.